The predicted octanol–water partition coefficient (Wildman–Crippen LogP) is 1.44. The van der Waals surface area contributed by atoms with Crippen LogP contribution in [-0.2, 0) is 9.53 Å². The summed E-state index contributed by atoms with van der Waals surface area (Å²) >= 11 is 0. The first-order chi connectivity index (χ1) is 14.2. The van der Waals surface area contributed by atoms with Crippen LogP contribution in [-0.4, -0.2) is 85.2 Å². The summed E-state index contributed by atoms with van der Waals surface area (Å²) in [5.41, 5.74) is -0.122. The van der Waals surface area contributed by atoms with Crippen LogP contribution in [0.2, 0.25) is 0 Å². The van der Waals surface area contributed by atoms with Gasteiger partial charge in [-0.3, -0.25) is 24.6 Å². The number of ether oxygens (including phenoxy) is 1. The molecule has 12 heteroatoms. The molecular weight excluding hydrogens is 409 g/mol. The zero-order valence-electron chi connectivity index (χ0n) is 16.2. The van der Waals surface area contributed by atoms with Crippen molar-refractivity contribution in [1.29, 1.82) is 0 Å². The van der Waals surface area contributed by atoms with Gasteiger partial charge in [0.05, 0.1) is 11.5 Å². The molecule has 1 aromatic rings. The number of piperazine rings is 1. The number of amides is 2. The fraction of sp³-hybridized carbons (Fsp3) is 0.556. The first-order valence-electron chi connectivity index (χ1n) is 9.33. The number of hydrogen-bond donors (Lipinski definition) is 1. The standard InChI is InChI=1S/C18H23F3N4O5/c19-18(20,21)13-30-10-2-5-23-6-8-24(9-7-23)16(26)12-22-17(27)14-3-1-4-15(11-14)25(28)29/h1,3-4,11H,2,5-10,12-13H2,(H,22,27). The van der Waals surface area contributed by atoms with Gasteiger partial charge in [-0.1, -0.05) is 6.07 Å². The van der Waals surface area contributed by atoms with Crippen molar-refractivity contribution in [3.8, 4) is 0 Å². The molecule has 0 radical (unpaired) electrons. The molecule has 0 atom stereocenters. The molecule has 1 fully saturated rings. The Balaban J connectivity index is 1.66. The number of benzene rings is 1. The summed E-state index contributed by atoms with van der Waals surface area (Å²) in [7, 11) is 0. The molecule has 0 saturated carbocycles. The molecule has 166 valence electrons. The number of nitro benzene ring substituents is 1. The Labute approximate surface area is 170 Å². The van der Waals surface area contributed by atoms with E-state index in [9.17, 15) is 32.9 Å². The molecule has 1 aromatic carbocycles. The highest BCUT2D eigenvalue weighted by Gasteiger charge is 2.27. The van der Waals surface area contributed by atoms with E-state index in [-0.39, 0.29) is 30.3 Å². The third-order valence-electron chi connectivity index (χ3n) is 4.47. The van der Waals surface area contributed by atoms with E-state index < -0.39 is 23.6 Å². The highest BCUT2D eigenvalue weighted by molar-refractivity contribution is 5.96. The topological polar surface area (TPSA) is 105 Å². The molecule has 0 spiro atoms. The number of carbonyl (C=O) groups is 2. The Morgan fingerprint density at radius 3 is 2.53 bits per heavy atom. The van der Waals surface area contributed by atoms with Crippen molar-refractivity contribution in [3.63, 3.8) is 0 Å². The van der Waals surface area contributed by atoms with Crippen LogP contribution in [0.25, 0.3) is 0 Å². The molecule has 1 heterocycles. The highest BCUT2D eigenvalue weighted by Crippen LogP contribution is 2.15. The van der Waals surface area contributed by atoms with E-state index in [1.165, 1.54) is 18.2 Å². The molecule has 30 heavy (non-hydrogen) atoms. The Hall–Kier alpha value is -2.73. The van der Waals surface area contributed by atoms with Crippen molar-refractivity contribution >= 4 is 17.5 Å². The van der Waals surface area contributed by atoms with Crippen molar-refractivity contribution in [2.75, 3.05) is 52.5 Å². The Kier molecular flexibility index (Phi) is 8.54. The Morgan fingerprint density at radius 2 is 1.90 bits per heavy atom. The summed E-state index contributed by atoms with van der Waals surface area (Å²) in [6.07, 6.45) is -3.86. The highest BCUT2D eigenvalue weighted by atomic mass is 19.4. The van der Waals surface area contributed by atoms with Gasteiger partial charge < -0.3 is 15.0 Å². The zero-order chi connectivity index (χ0) is 22.1. The lowest BCUT2D eigenvalue weighted by molar-refractivity contribution is -0.384. The molecule has 0 bridgehead atoms. The fourth-order valence-electron chi connectivity index (χ4n) is 2.93. The second-order valence-corrected chi connectivity index (χ2v) is 6.73. The molecule has 0 aromatic heterocycles. The van der Waals surface area contributed by atoms with Crippen molar-refractivity contribution < 1.29 is 32.4 Å². The van der Waals surface area contributed by atoms with Crippen LogP contribution in [0.5, 0.6) is 0 Å². The second-order valence-electron chi connectivity index (χ2n) is 6.73. The van der Waals surface area contributed by atoms with Crippen LogP contribution in [0.1, 0.15) is 16.8 Å². The number of halogens is 3. The van der Waals surface area contributed by atoms with E-state index >= 15 is 0 Å². The van der Waals surface area contributed by atoms with E-state index in [0.29, 0.717) is 39.1 Å². The van der Waals surface area contributed by atoms with Crippen molar-refractivity contribution in [3.05, 3.63) is 39.9 Å². The summed E-state index contributed by atoms with van der Waals surface area (Å²) in [6.45, 7) is 1.13. The van der Waals surface area contributed by atoms with Gasteiger partial charge in [0, 0.05) is 57.0 Å². The first-order valence-corrected chi connectivity index (χ1v) is 9.33. The summed E-state index contributed by atoms with van der Waals surface area (Å²) in [6, 6.07) is 5.22. The van der Waals surface area contributed by atoms with E-state index in [0.717, 1.165) is 6.07 Å². The summed E-state index contributed by atoms with van der Waals surface area (Å²) in [4.78, 5) is 38.1. The minimum Gasteiger partial charge on any atom is -0.372 e. The lowest BCUT2D eigenvalue weighted by Gasteiger charge is -2.34. The number of nitrogens with one attached hydrogen (secondary N) is 1. The monoisotopic (exact) mass is 432 g/mol. The molecule has 2 amide bonds. The first kappa shape index (κ1) is 23.5. The maximum absolute atomic E-state index is 12.3. The van der Waals surface area contributed by atoms with Gasteiger partial charge in [-0.15, -0.1) is 0 Å². The summed E-state index contributed by atoms with van der Waals surface area (Å²) in [5.74, 6) is -0.855. The largest absolute Gasteiger partial charge is 0.411 e. The summed E-state index contributed by atoms with van der Waals surface area (Å²) < 4.78 is 40.5. The number of nitro groups is 1. The maximum atomic E-state index is 12.3. The van der Waals surface area contributed by atoms with Crippen LogP contribution in [0.4, 0.5) is 18.9 Å². The maximum Gasteiger partial charge on any atom is 0.411 e. The Bertz CT molecular complexity index is 752. The van der Waals surface area contributed by atoms with Gasteiger partial charge in [0.15, 0.2) is 0 Å². The average molecular weight is 432 g/mol. The SMILES string of the molecule is O=C(NCC(=O)N1CCN(CCCOCC(F)(F)F)CC1)c1cccc([N+](=O)[O-])c1. The number of alkyl halides is 3. The van der Waals surface area contributed by atoms with Crippen LogP contribution in [0.15, 0.2) is 24.3 Å². The lowest BCUT2D eigenvalue weighted by Crippen LogP contribution is -2.51. The van der Waals surface area contributed by atoms with Gasteiger partial charge >= 0.3 is 6.18 Å². The van der Waals surface area contributed by atoms with Crippen molar-refractivity contribution in [2.24, 2.45) is 0 Å². The van der Waals surface area contributed by atoms with Crippen LogP contribution in [0, 0.1) is 10.1 Å². The fourth-order valence-corrected chi connectivity index (χ4v) is 2.93. The van der Waals surface area contributed by atoms with E-state index in [2.05, 4.69) is 10.1 Å². The van der Waals surface area contributed by atoms with E-state index in [4.69, 9.17) is 0 Å². The number of hydrogen-bond acceptors (Lipinski definition) is 6. The molecular formula is C18H23F3N4O5. The third-order valence-corrected chi connectivity index (χ3v) is 4.47. The molecule has 1 saturated heterocycles. The summed E-state index contributed by atoms with van der Waals surface area (Å²) in [5, 5.41) is 13.2. The molecule has 1 N–H and O–H groups in total. The van der Waals surface area contributed by atoms with E-state index in [1.54, 1.807) is 4.90 Å². The Morgan fingerprint density at radius 1 is 1.20 bits per heavy atom. The van der Waals surface area contributed by atoms with Crippen molar-refractivity contribution in [2.45, 2.75) is 12.6 Å². The molecule has 2 rings (SSSR count). The predicted molar refractivity (Wildman–Crippen MR) is 99.9 cm³/mol. The van der Waals surface area contributed by atoms with Crippen LogP contribution in [0.3, 0.4) is 0 Å². The number of non-ortho nitro benzene ring substituents is 1. The average Bonchev–Trinajstić information content (AvgIpc) is 2.71. The molecule has 0 unspecified atom stereocenters. The number of nitrogens with zero attached hydrogens (tertiary/aromatic N) is 3. The number of carbonyl (C=O) groups excluding carboxylic acids is 2. The number of rotatable bonds is 9. The van der Waals surface area contributed by atoms with Gasteiger partial charge in [-0.25, -0.2) is 0 Å². The molecule has 0 aliphatic carbocycles. The van der Waals surface area contributed by atoms with Gasteiger partial charge in [0.25, 0.3) is 11.6 Å². The van der Waals surface area contributed by atoms with Gasteiger partial charge in [-0.05, 0) is 12.5 Å². The molecule has 1 aliphatic heterocycles. The second kappa shape index (κ2) is 10.9. The van der Waals surface area contributed by atoms with Crippen molar-refractivity contribution in [1.82, 2.24) is 15.1 Å². The minimum absolute atomic E-state index is 0.0162. The molecule has 1 aliphatic rings. The van der Waals surface area contributed by atoms with Gasteiger partial charge in [0.1, 0.15) is 6.61 Å². The van der Waals surface area contributed by atoms with Crippen LogP contribution >= 0.6 is 0 Å². The van der Waals surface area contributed by atoms with Crippen LogP contribution < -0.4 is 5.32 Å². The normalized spacial score (nSPS) is 15.1. The van der Waals surface area contributed by atoms with E-state index in [1.807, 2.05) is 4.90 Å². The third kappa shape index (κ3) is 7.95. The van der Waals surface area contributed by atoms with Gasteiger partial charge in [-0.2, -0.15) is 13.2 Å². The van der Waals surface area contributed by atoms with Gasteiger partial charge in [0.2, 0.25) is 5.91 Å². The smallest absolute Gasteiger partial charge is 0.372 e. The minimum atomic E-state index is -4.32. The molecule has 9 nitrogen and oxygen atoms in total. The lowest BCUT2D eigenvalue weighted by atomic mass is 10.2. The zero-order valence-corrected chi connectivity index (χ0v) is 16.2. The quantitative estimate of drug-likeness (QED) is 0.360.